The van der Waals surface area contributed by atoms with Crippen LogP contribution in [0.1, 0.15) is 6.92 Å². The van der Waals surface area contributed by atoms with Gasteiger partial charge in [-0.15, -0.1) is 0 Å². The summed E-state index contributed by atoms with van der Waals surface area (Å²) in [5.74, 6) is 15.8. The van der Waals surface area contributed by atoms with E-state index in [9.17, 15) is 0 Å². The fourth-order valence-electron chi connectivity index (χ4n) is 0.671. The van der Waals surface area contributed by atoms with Crippen molar-refractivity contribution >= 4 is 0 Å². The number of rotatable bonds is 3. The predicted octanol–water partition coefficient (Wildman–Crippen LogP) is 1.14. The Kier molecular flexibility index (Phi) is 9.82. The summed E-state index contributed by atoms with van der Waals surface area (Å²) in [6.07, 6.45) is 6.50. The fraction of sp³-hybridized carbons (Fsp3) is 0.286. The molecular formula is C14H14O2. The molecule has 0 rings (SSSR count). The van der Waals surface area contributed by atoms with E-state index in [1.807, 2.05) is 13.0 Å². The molecule has 0 aliphatic heterocycles. The summed E-state index contributed by atoms with van der Waals surface area (Å²) in [4.78, 5) is 0. The van der Waals surface area contributed by atoms with Crippen LogP contribution in [0.15, 0.2) is 24.3 Å². The van der Waals surface area contributed by atoms with Crippen LogP contribution in [0.3, 0.4) is 0 Å². The van der Waals surface area contributed by atoms with E-state index in [0.717, 1.165) is 0 Å². The minimum absolute atomic E-state index is 0.0603. The summed E-state index contributed by atoms with van der Waals surface area (Å²) < 4.78 is 4.90. The number of ether oxygens (including phenoxy) is 1. The maximum atomic E-state index is 8.77. The highest BCUT2D eigenvalue weighted by Gasteiger charge is 1.96. The van der Waals surface area contributed by atoms with Crippen molar-refractivity contribution in [3.63, 3.8) is 0 Å². The summed E-state index contributed by atoms with van der Waals surface area (Å²) in [7, 11) is 1.52. The van der Waals surface area contributed by atoms with Crippen molar-refractivity contribution in [1.29, 1.82) is 0 Å². The summed E-state index contributed by atoms with van der Waals surface area (Å²) in [5, 5.41) is 8.77. The highest BCUT2D eigenvalue weighted by molar-refractivity contribution is 5.39. The average Bonchev–Trinajstić information content (AvgIpc) is 2.32. The van der Waals surface area contributed by atoms with Crippen molar-refractivity contribution in [2.24, 2.45) is 0 Å². The van der Waals surface area contributed by atoms with Crippen molar-refractivity contribution in [3.05, 3.63) is 24.3 Å². The zero-order valence-corrected chi connectivity index (χ0v) is 9.45. The lowest BCUT2D eigenvalue weighted by Crippen LogP contribution is -2.11. The second-order valence-corrected chi connectivity index (χ2v) is 2.60. The molecule has 0 saturated carbocycles. The highest BCUT2D eigenvalue weighted by atomic mass is 16.5. The van der Waals surface area contributed by atoms with Crippen LogP contribution in [-0.2, 0) is 4.74 Å². The number of aliphatic hydroxyl groups excluding tert-OH is 1. The molecule has 2 nitrogen and oxygen atoms in total. The first-order valence-electron chi connectivity index (χ1n) is 4.77. The number of methoxy groups -OCH3 is 1. The molecule has 0 aromatic rings. The summed E-state index contributed by atoms with van der Waals surface area (Å²) in [6, 6.07) is 0. The van der Waals surface area contributed by atoms with Crippen LogP contribution < -0.4 is 0 Å². The zero-order valence-electron chi connectivity index (χ0n) is 9.45. The lowest BCUT2D eigenvalue weighted by molar-refractivity contribution is 0.0820. The zero-order chi connectivity index (χ0) is 12.1. The third-order valence-corrected chi connectivity index (χ3v) is 1.46. The van der Waals surface area contributed by atoms with E-state index in [2.05, 4.69) is 35.5 Å². The van der Waals surface area contributed by atoms with Gasteiger partial charge < -0.3 is 9.84 Å². The summed E-state index contributed by atoms with van der Waals surface area (Å²) >= 11 is 0. The molecule has 0 aromatic carbocycles. The van der Waals surface area contributed by atoms with Gasteiger partial charge in [-0.3, -0.25) is 0 Å². The Morgan fingerprint density at radius 1 is 1.12 bits per heavy atom. The Morgan fingerprint density at radius 2 is 1.75 bits per heavy atom. The van der Waals surface area contributed by atoms with Crippen LogP contribution in [0, 0.1) is 35.5 Å². The fourth-order valence-corrected chi connectivity index (χ4v) is 0.671. The van der Waals surface area contributed by atoms with Crippen molar-refractivity contribution in [2.45, 2.75) is 13.0 Å². The second-order valence-electron chi connectivity index (χ2n) is 2.60. The van der Waals surface area contributed by atoms with Crippen LogP contribution in [-0.4, -0.2) is 24.9 Å². The molecule has 0 unspecified atom stereocenters. The standard InChI is InChI=1S/C14H14O2/c1-3-4-5-6-7-8-9-10-11-12-14(13-15)16-2/h3-4,11-12,14-15H,13H2,1-2H3/b4-3-,12-11+/t14-/m1/s1. The van der Waals surface area contributed by atoms with E-state index in [1.54, 1.807) is 18.2 Å². The van der Waals surface area contributed by atoms with Gasteiger partial charge in [-0.25, -0.2) is 0 Å². The Labute approximate surface area is 97.0 Å². The molecule has 0 aliphatic carbocycles. The molecule has 0 fully saturated rings. The van der Waals surface area contributed by atoms with E-state index in [-0.39, 0.29) is 12.7 Å². The van der Waals surface area contributed by atoms with Gasteiger partial charge in [-0.2, -0.15) is 0 Å². The highest BCUT2D eigenvalue weighted by Crippen LogP contribution is 1.88. The first-order valence-corrected chi connectivity index (χ1v) is 4.77. The summed E-state index contributed by atoms with van der Waals surface area (Å²) in [6.45, 7) is 1.83. The lowest BCUT2D eigenvalue weighted by atomic mass is 10.3. The molecule has 1 atom stereocenters. The van der Waals surface area contributed by atoms with Crippen LogP contribution >= 0.6 is 0 Å². The topological polar surface area (TPSA) is 29.5 Å². The Balaban J connectivity index is 4.09. The molecule has 0 aliphatic rings. The molecule has 16 heavy (non-hydrogen) atoms. The third-order valence-electron chi connectivity index (χ3n) is 1.46. The Morgan fingerprint density at radius 3 is 2.25 bits per heavy atom. The maximum Gasteiger partial charge on any atom is 0.0991 e. The van der Waals surface area contributed by atoms with Crippen LogP contribution in [0.2, 0.25) is 0 Å². The maximum absolute atomic E-state index is 8.77. The number of aliphatic hydroxyl groups is 1. The van der Waals surface area contributed by atoms with Crippen molar-refractivity contribution in [1.82, 2.24) is 0 Å². The van der Waals surface area contributed by atoms with Gasteiger partial charge in [0.15, 0.2) is 0 Å². The van der Waals surface area contributed by atoms with Gasteiger partial charge in [0.25, 0.3) is 0 Å². The monoisotopic (exact) mass is 214 g/mol. The molecule has 0 saturated heterocycles. The second kappa shape index (κ2) is 11.2. The molecule has 0 spiro atoms. The molecule has 0 amide bonds. The first-order chi connectivity index (χ1) is 7.85. The van der Waals surface area contributed by atoms with Crippen molar-refractivity contribution < 1.29 is 9.84 Å². The van der Waals surface area contributed by atoms with Gasteiger partial charge in [-0.05, 0) is 48.8 Å². The molecule has 0 heterocycles. The molecule has 0 aromatic heterocycles. The molecule has 1 N–H and O–H groups in total. The quantitative estimate of drug-likeness (QED) is 0.714. The van der Waals surface area contributed by atoms with Crippen LogP contribution in [0.4, 0.5) is 0 Å². The number of hydrogen-bond donors (Lipinski definition) is 1. The van der Waals surface area contributed by atoms with Gasteiger partial charge in [-0.1, -0.05) is 17.9 Å². The van der Waals surface area contributed by atoms with Gasteiger partial charge in [0, 0.05) is 7.11 Å². The van der Waals surface area contributed by atoms with E-state index in [1.165, 1.54) is 7.11 Å². The molecule has 0 radical (unpaired) electrons. The number of allylic oxidation sites excluding steroid dienone is 3. The minimum atomic E-state index is -0.309. The van der Waals surface area contributed by atoms with Crippen molar-refractivity contribution in [2.75, 3.05) is 13.7 Å². The third kappa shape index (κ3) is 8.67. The normalized spacial score (nSPS) is 10.9. The van der Waals surface area contributed by atoms with Gasteiger partial charge in [0.05, 0.1) is 12.7 Å². The first kappa shape index (κ1) is 14.1. The SMILES string of the molecule is C/C=C\C#CC#CC#C/C=C/[C@H](CO)OC. The van der Waals surface area contributed by atoms with Crippen LogP contribution in [0.5, 0.6) is 0 Å². The molecule has 0 bridgehead atoms. The predicted molar refractivity (Wildman–Crippen MR) is 65.2 cm³/mol. The Bertz CT molecular complexity index is 407. The smallest absolute Gasteiger partial charge is 0.0991 e. The average molecular weight is 214 g/mol. The Hall–Kier alpha value is -1.92. The molecule has 2 heteroatoms. The van der Waals surface area contributed by atoms with Gasteiger partial charge in [0.1, 0.15) is 0 Å². The van der Waals surface area contributed by atoms with E-state index in [4.69, 9.17) is 9.84 Å². The lowest BCUT2D eigenvalue weighted by Gasteiger charge is -2.03. The molecule has 82 valence electrons. The number of hydrogen-bond acceptors (Lipinski definition) is 2. The van der Waals surface area contributed by atoms with E-state index < -0.39 is 0 Å². The minimum Gasteiger partial charge on any atom is -0.393 e. The largest absolute Gasteiger partial charge is 0.393 e. The van der Waals surface area contributed by atoms with Crippen molar-refractivity contribution in [3.8, 4) is 35.5 Å². The molecular weight excluding hydrogens is 200 g/mol. The summed E-state index contributed by atoms with van der Waals surface area (Å²) in [5.41, 5.74) is 0. The van der Waals surface area contributed by atoms with Gasteiger partial charge >= 0.3 is 0 Å². The van der Waals surface area contributed by atoms with Gasteiger partial charge in [0.2, 0.25) is 0 Å². The van der Waals surface area contributed by atoms with E-state index >= 15 is 0 Å². The van der Waals surface area contributed by atoms with Crippen LogP contribution in [0.25, 0.3) is 0 Å². The van der Waals surface area contributed by atoms with E-state index in [0.29, 0.717) is 0 Å².